The van der Waals surface area contributed by atoms with Crippen LogP contribution in [-0.4, -0.2) is 28.3 Å². The zero-order chi connectivity index (χ0) is 17.3. The highest BCUT2D eigenvalue weighted by molar-refractivity contribution is 7.99. The van der Waals surface area contributed by atoms with Gasteiger partial charge in [0.1, 0.15) is 0 Å². The fourth-order valence-corrected chi connectivity index (χ4v) is 3.69. The Kier molecular flexibility index (Phi) is 6.42. The second-order valence-electron chi connectivity index (χ2n) is 5.18. The Morgan fingerprint density at radius 3 is 2.84 bits per heavy atom. The van der Waals surface area contributed by atoms with Crippen LogP contribution in [0.25, 0.3) is 11.3 Å². The molecule has 0 unspecified atom stereocenters. The van der Waals surface area contributed by atoms with Crippen molar-refractivity contribution in [3.05, 3.63) is 60.2 Å². The van der Waals surface area contributed by atoms with Crippen molar-refractivity contribution in [2.75, 3.05) is 17.6 Å². The molecule has 2 aromatic heterocycles. The SMILES string of the molecule is O=C(NCCCSc1ccccc1)Nc1nc(-c2cccnc2)cs1. The first-order chi connectivity index (χ1) is 12.3. The highest BCUT2D eigenvalue weighted by Crippen LogP contribution is 2.23. The second kappa shape index (κ2) is 9.19. The molecule has 0 fully saturated rings. The normalized spacial score (nSPS) is 10.4. The van der Waals surface area contributed by atoms with Gasteiger partial charge in [0.15, 0.2) is 5.13 Å². The summed E-state index contributed by atoms with van der Waals surface area (Å²) in [5.41, 5.74) is 1.75. The van der Waals surface area contributed by atoms with E-state index in [0.717, 1.165) is 23.4 Å². The van der Waals surface area contributed by atoms with Gasteiger partial charge in [0.2, 0.25) is 0 Å². The van der Waals surface area contributed by atoms with Gasteiger partial charge in [0, 0.05) is 34.8 Å². The van der Waals surface area contributed by atoms with Crippen LogP contribution in [0.5, 0.6) is 0 Å². The maximum absolute atomic E-state index is 11.9. The van der Waals surface area contributed by atoms with Crippen molar-refractivity contribution in [1.82, 2.24) is 15.3 Å². The Balaban J connectivity index is 1.37. The molecule has 0 radical (unpaired) electrons. The standard InChI is InChI=1S/C18H18N4OS2/c23-17(20-10-5-11-24-15-7-2-1-3-8-15)22-18-21-16(13-25-18)14-6-4-9-19-12-14/h1-4,6-9,12-13H,5,10-11H2,(H2,20,21,22,23). The molecule has 0 aliphatic carbocycles. The molecule has 0 aliphatic rings. The van der Waals surface area contributed by atoms with E-state index < -0.39 is 0 Å². The molecule has 3 aromatic rings. The number of amides is 2. The summed E-state index contributed by atoms with van der Waals surface area (Å²) >= 11 is 3.19. The summed E-state index contributed by atoms with van der Waals surface area (Å²) < 4.78 is 0. The Hall–Kier alpha value is -2.38. The van der Waals surface area contributed by atoms with Crippen molar-refractivity contribution < 1.29 is 4.79 Å². The third-order valence-corrected chi connectivity index (χ3v) is 5.16. The summed E-state index contributed by atoms with van der Waals surface area (Å²) in [6, 6.07) is 13.8. The number of nitrogens with one attached hydrogen (secondary N) is 2. The van der Waals surface area contributed by atoms with Gasteiger partial charge < -0.3 is 5.32 Å². The van der Waals surface area contributed by atoms with Gasteiger partial charge in [0.25, 0.3) is 0 Å². The number of aromatic nitrogens is 2. The minimum atomic E-state index is -0.225. The number of hydrogen-bond acceptors (Lipinski definition) is 5. The van der Waals surface area contributed by atoms with Gasteiger partial charge >= 0.3 is 6.03 Å². The largest absolute Gasteiger partial charge is 0.338 e. The maximum atomic E-state index is 11.9. The molecule has 5 nitrogen and oxygen atoms in total. The number of thioether (sulfide) groups is 1. The number of rotatable bonds is 7. The smallest absolute Gasteiger partial charge is 0.321 e. The van der Waals surface area contributed by atoms with E-state index in [9.17, 15) is 4.79 Å². The fourth-order valence-electron chi connectivity index (χ4n) is 2.10. The van der Waals surface area contributed by atoms with Gasteiger partial charge in [-0.2, -0.15) is 0 Å². The number of benzene rings is 1. The first kappa shape index (κ1) is 17.4. The third-order valence-electron chi connectivity index (χ3n) is 3.30. The summed E-state index contributed by atoms with van der Waals surface area (Å²) in [7, 11) is 0. The predicted molar refractivity (Wildman–Crippen MR) is 104 cm³/mol. The zero-order valence-electron chi connectivity index (χ0n) is 13.5. The Bertz CT molecular complexity index is 793. The lowest BCUT2D eigenvalue weighted by atomic mass is 10.2. The maximum Gasteiger partial charge on any atom is 0.321 e. The topological polar surface area (TPSA) is 66.9 Å². The number of urea groups is 1. The van der Waals surface area contributed by atoms with Crippen molar-refractivity contribution in [3.8, 4) is 11.3 Å². The molecule has 0 bridgehead atoms. The van der Waals surface area contributed by atoms with E-state index in [-0.39, 0.29) is 6.03 Å². The molecular formula is C18H18N4OS2. The van der Waals surface area contributed by atoms with Crippen LogP contribution in [0.1, 0.15) is 6.42 Å². The molecule has 0 spiro atoms. The molecule has 128 valence electrons. The first-order valence-electron chi connectivity index (χ1n) is 7.90. The summed E-state index contributed by atoms with van der Waals surface area (Å²) in [5, 5.41) is 8.11. The van der Waals surface area contributed by atoms with E-state index in [1.165, 1.54) is 16.2 Å². The number of nitrogens with zero attached hydrogens (tertiary/aromatic N) is 2. The Morgan fingerprint density at radius 1 is 1.16 bits per heavy atom. The van der Waals surface area contributed by atoms with E-state index in [1.807, 2.05) is 35.7 Å². The summed E-state index contributed by atoms with van der Waals surface area (Å²) in [6.45, 7) is 0.631. The molecule has 0 saturated carbocycles. The van der Waals surface area contributed by atoms with Crippen LogP contribution in [0.2, 0.25) is 0 Å². The molecular weight excluding hydrogens is 352 g/mol. The van der Waals surface area contributed by atoms with Gasteiger partial charge in [0.05, 0.1) is 5.69 Å². The van der Waals surface area contributed by atoms with Crippen molar-refractivity contribution in [2.45, 2.75) is 11.3 Å². The second-order valence-corrected chi connectivity index (χ2v) is 7.20. The quantitative estimate of drug-likeness (QED) is 0.474. The highest BCUT2D eigenvalue weighted by Gasteiger charge is 2.07. The summed E-state index contributed by atoms with van der Waals surface area (Å²) in [4.78, 5) is 21.6. The average molecular weight is 371 g/mol. The molecule has 7 heteroatoms. The van der Waals surface area contributed by atoms with E-state index in [0.29, 0.717) is 11.7 Å². The lowest BCUT2D eigenvalue weighted by Crippen LogP contribution is -2.29. The lowest BCUT2D eigenvalue weighted by molar-refractivity contribution is 0.252. The van der Waals surface area contributed by atoms with Crippen LogP contribution in [0.15, 0.2) is 65.1 Å². The first-order valence-corrected chi connectivity index (χ1v) is 9.76. The third kappa shape index (κ3) is 5.58. The summed E-state index contributed by atoms with van der Waals surface area (Å²) in [5.74, 6) is 0.965. The van der Waals surface area contributed by atoms with E-state index in [1.54, 1.807) is 24.2 Å². The summed E-state index contributed by atoms with van der Waals surface area (Å²) in [6.07, 6.45) is 4.38. The highest BCUT2D eigenvalue weighted by atomic mass is 32.2. The van der Waals surface area contributed by atoms with E-state index in [2.05, 4.69) is 32.7 Å². The van der Waals surface area contributed by atoms with Crippen LogP contribution >= 0.6 is 23.1 Å². The minimum Gasteiger partial charge on any atom is -0.338 e. The number of carbonyl (C=O) groups excluding carboxylic acids is 1. The lowest BCUT2D eigenvalue weighted by Gasteiger charge is -2.05. The Labute approximate surface area is 154 Å². The number of hydrogen-bond donors (Lipinski definition) is 2. The van der Waals surface area contributed by atoms with E-state index in [4.69, 9.17) is 0 Å². The van der Waals surface area contributed by atoms with Crippen LogP contribution in [0.3, 0.4) is 0 Å². The van der Waals surface area contributed by atoms with E-state index >= 15 is 0 Å². The predicted octanol–water partition coefficient (Wildman–Crippen LogP) is 4.51. The van der Waals surface area contributed by atoms with Gasteiger partial charge in [-0.15, -0.1) is 23.1 Å². The molecule has 1 aromatic carbocycles. The zero-order valence-corrected chi connectivity index (χ0v) is 15.1. The number of carbonyl (C=O) groups is 1. The monoisotopic (exact) mass is 370 g/mol. The van der Waals surface area contributed by atoms with Crippen molar-refractivity contribution in [2.24, 2.45) is 0 Å². The molecule has 0 aliphatic heterocycles. The van der Waals surface area contributed by atoms with Gasteiger partial charge in [-0.3, -0.25) is 10.3 Å². The number of thiazole rings is 1. The number of anilines is 1. The molecule has 2 amide bonds. The van der Waals surface area contributed by atoms with Crippen molar-refractivity contribution >= 4 is 34.3 Å². The van der Waals surface area contributed by atoms with Crippen molar-refractivity contribution in [3.63, 3.8) is 0 Å². The van der Waals surface area contributed by atoms with Gasteiger partial charge in [-0.1, -0.05) is 18.2 Å². The fraction of sp³-hybridized carbons (Fsp3) is 0.167. The van der Waals surface area contributed by atoms with Crippen LogP contribution in [0, 0.1) is 0 Å². The molecule has 3 rings (SSSR count). The van der Waals surface area contributed by atoms with Crippen molar-refractivity contribution in [1.29, 1.82) is 0 Å². The van der Waals surface area contributed by atoms with Crippen LogP contribution in [-0.2, 0) is 0 Å². The average Bonchev–Trinajstić information content (AvgIpc) is 3.11. The molecule has 0 saturated heterocycles. The van der Waals surface area contributed by atoms with Crippen LogP contribution < -0.4 is 10.6 Å². The van der Waals surface area contributed by atoms with Gasteiger partial charge in [-0.05, 0) is 36.4 Å². The Morgan fingerprint density at radius 2 is 2.04 bits per heavy atom. The van der Waals surface area contributed by atoms with Crippen LogP contribution in [0.4, 0.5) is 9.93 Å². The minimum absolute atomic E-state index is 0.225. The molecule has 2 heterocycles. The molecule has 0 atom stereocenters. The molecule has 25 heavy (non-hydrogen) atoms. The molecule has 2 N–H and O–H groups in total. The number of pyridine rings is 1. The van der Waals surface area contributed by atoms with Gasteiger partial charge in [-0.25, -0.2) is 9.78 Å².